The van der Waals surface area contributed by atoms with Crippen molar-refractivity contribution >= 4 is 44.8 Å². The normalized spacial score (nSPS) is 19.4. The van der Waals surface area contributed by atoms with Gasteiger partial charge in [0.1, 0.15) is 18.1 Å². The third-order valence-electron chi connectivity index (χ3n) is 5.97. The van der Waals surface area contributed by atoms with Crippen molar-refractivity contribution in [2.75, 3.05) is 30.0 Å². The summed E-state index contributed by atoms with van der Waals surface area (Å²) in [5.41, 5.74) is 2.64. The van der Waals surface area contributed by atoms with E-state index in [1.807, 2.05) is 48.3 Å². The van der Waals surface area contributed by atoms with Crippen molar-refractivity contribution < 1.29 is 19.4 Å². The molecule has 0 radical (unpaired) electrons. The van der Waals surface area contributed by atoms with Crippen LogP contribution in [-0.4, -0.2) is 37.0 Å². The van der Waals surface area contributed by atoms with Crippen LogP contribution in [0.2, 0.25) is 0 Å². The van der Waals surface area contributed by atoms with E-state index in [9.17, 15) is 14.7 Å². The molecule has 0 aromatic heterocycles. The highest BCUT2D eigenvalue weighted by atomic mass is 79.9. The van der Waals surface area contributed by atoms with Gasteiger partial charge in [0, 0.05) is 22.8 Å². The molecule has 5 rings (SSSR count). The highest BCUT2D eigenvalue weighted by Crippen LogP contribution is 2.43. The number of hydrogen-bond donors (Lipinski definition) is 1. The van der Waals surface area contributed by atoms with Gasteiger partial charge in [-0.3, -0.25) is 14.5 Å². The molecule has 3 aromatic carbocycles. The van der Waals surface area contributed by atoms with Crippen molar-refractivity contribution in [3.8, 4) is 5.75 Å². The summed E-state index contributed by atoms with van der Waals surface area (Å²) in [4.78, 5) is 30.0. The van der Waals surface area contributed by atoms with E-state index in [2.05, 4.69) is 15.9 Å². The highest BCUT2D eigenvalue weighted by Gasteiger charge is 2.47. The summed E-state index contributed by atoms with van der Waals surface area (Å²) in [7, 11) is 1.95. The van der Waals surface area contributed by atoms with Crippen molar-refractivity contribution in [3.05, 3.63) is 94.0 Å². The maximum atomic E-state index is 13.3. The molecule has 1 saturated heterocycles. The first-order valence-corrected chi connectivity index (χ1v) is 11.3. The molecule has 6 nitrogen and oxygen atoms in total. The van der Waals surface area contributed by atoms with Crippen molar-refractivity contribution in [2.24, 2.45) is 0 Å². The van der Waals surface area contributed by atoms with Crippen LogP contribution in [0.5, 0.6) is 5.75 Å². The number of anilines is 2. The Morgan fingerprint density at radius 2 is 1.82 bits per heavy atom. The van der Waals surface area contributed by atoms with E-state index in [1.165, 1.54) is 4.90 Å². The number of hydrogen-bond acceptors (Lipinski definition) is 5. The number of amides is 1. The first-order chi connectivity index (χ1) is 16.0. The lowest BCUT2D eigenvalue weighted by Crippen LogP contribution is -2.29. The minimum Gasteiger partial charge on any atom is -0.507 e. The Bertz CT molecular complexity index is 1290. The first-order valence-electron chi connectivity index (χ1n) is 10.6. The van der Waals surface area contributed by atoms with Crippen molar-refractivity contribution in [1.82, 2.24) is 0 Å². The lowest BCUT2D eigenvalue weighted by molar-refractivity contribution is -0.132. The van der Waals surface area contributed by atoms with Crippen LogP contribution in [0.25, 0.3) is 5.76 Å². The molecule has 1 N–H and O–H groups in total. The summed E-state index contributed by atoms with van der Waals surface area (Å²) in [5, 5.41) is 11.4. The third kappa shape index (κ3) is 3.68. The van der Waals surface area contributed by atoms with E-state index in [4.69, 9.17) is 4.74 Å². The number of likely N-dealkylation sites (N-methyl/N-ethyl adjacent to an activating group) is 1. The van der Waals surface area contributed by atoms with E-state index in [0.717, 1.165) is 21.5 Å². The second kappa shape index (κ2) is 8.41. The number of halogens is 1. The van der Waals surface area contributed by atoms with Crippen molar-refractivity contribution in [1.29, 1.82) is 0 Å². The van der Waals surface area contributed by atoms with Crippen molar-refractivity contribution in [2.45, 2.75) is 6.04 Å². The summed E-state index contributed by atoms with van der Waals surface area (Å²) in [5.74, 6) is -0.887. The van der Waals surface area contributed by atoms with Crippen LogP contribution < -0.4 is 14.5 Å². The zero-order chi connectivity index (χ0) is 23.1. The molecule has 1 unspecified atom stereocenters. The maximum absolute atomic E-state index is 13.3. The fraction of sp³-hybridized carbons (Fsp3) is 0.154. The Kier molecular flexibility index (Phi) is 5.42. The van der Waals surface area contributed by atoms with Gasteiger partial charge < -0.3 is 14.7 Å². The molecular formula is C26H21BrN2O4. The highest BCUT2D eigenvalue weighted by molar-refractivity contribution is 9.10. The molecule has 3 aromatic rings. The largest absolute Gasteiger partial charge is 0.507 e. The van der Waals surface area contributed by atoms with Gasteiger partial charge in [-0.1, -0.05) is 52.3 Å². The van der Waals surface area contributed by atoms with E-state index in [0.29, 0.717) is 24.4 Å². The van der Waals surface area contributed by atoms with Crippen LogP contribution in [0.3, 0.4) is 0 Å². The second-order valence-corrected chi connectivity index (χ2v) is 8.93. The number of carbonyl (C=O) groups is 2. The lowest BCUT2D eigenvalue weighted by atomic mass is 9.95. The number of aliphatic hydroxyl groups excluding tert-OH is 1. The molecule has 2 aliphatic heterocycles. The number of nitrogens with zero attached hydrogens (tertiary/aromatic N) is 2. The monoisotopic (exact) mass is 504 g/mol. The predicted octanol–water partition coefficient (Wildman–Crippen LogP) is 4.90. The Balaban J connectivity index is 1.70. The van der Waals surface area contributed by atoms with Crippen LogP contribution in [-0.2, 0) is 9.59 Å². The zero-order valence-corrected chi connectivity index (χ0v) is 19.5. The van der Waals surface area contributed by atoms with Gasteiger partial charge in [-0.25, -0.2) is 0 Å². The quantitative estimate of drug-likeness (QED) is 0.312. The van der Waals surface area contributed by atoms with Crippen LogP contribution in [0.15, 0.2) is 82.8 Å². The molecule has 0 aliphatic carbocycles. The van der Waals surface area contributed by atoms with E-state index >= 15 is 0 Å². The summed E-state index contributed by atoms with van der Waals surface area (Å²) < 4.78 is 6.48. The van der Waals surface area contributed by atoms with Crippen molar-refractivity contribution in [3.63, 3.8) is 0 Å². The van der Waals surface area contributed by atoms with Crippen LogP contribution in [0.4, 0.5) is 11.4 Å². The number of ketones is 1. The summed E-state index contributed by atoms with van der Waals surface area (Å²) in [6.07, 6.45) is 0. The summed E-state index contributed by atoms with van der Waals surface area (Å²) >= 11 is 3.44. The van der Waals surface area contributed by atoms with E-state index in [-0.39, 0.29) is 11.3 Å². The fourth-order valence-corrected chi connectivity index (χ4v) is 4.72. The average molecular weight is 505 g/mol. The minimum absolute atomic E-state index is 0.0607. The van der Waals surface area contributed by atoms with Gasteiger partial charge in [-0.2, -0.15) is 0 Å². The van der Waals surface area contributed by atoms with Gasteiger partial charge in [-0.05, 0) is 42.0 Å². The number of Topliss-reactive ketones (excluding diaryl/α,β-unsaturated/α-hetero) is 1. The van der Waals surface area contributed by atoms with Crippen LogP contribution >= 0.6 is 15.9 Å². The topological polar surface area (TPSA) is 70.1 Å². The number of fused-ring (bicyclic) bond motifs is 1. The van der Waals surface area contributed by atoms with Gasteiger partial charge in [0.2, 0.25) is 0 Å². The maximum Gasteiger partial charge on any atom is 0.300 e. The molecule has 0 saturated carbocycles. The molecular weight excluding hydrogens is 484 g/mol. The number of rotatable bonds is 3. The Morgan fingerprint density at radius 1 is 1.03 bits per heavy atom. The van der Waals surface area contributed by atoms with Gasteiger partial charge in [0.05, 0.1) is 23.8 Å². The summed E-state index contributed by atoms with van der Waals surface area (Å²) in [6, 6.07) is 21.0. The molecule has 1 amide bonds. The Labute approximate surface area is 199 Å². The zero-order valence-electron chi connectivity index (χ0n) is 17.9. The van der Waals surface area contributed by atoms with Gasteiger partial charge in [0.15, 0.2) is 0 Å². The van der Waals surface area contributed by atoms with Gasteiger partial charge in [-0.15, -0.1) is 0 Å². The second-order valence-electron chi connectivity index (χ2n) is 8.01. The molecule has 33 heavy (non-hydrogen) atoms. The fourth-order valence-electron chi connectivity index (χ4n) is 4.33. The average Bonchev–Trinajstić information content (AvgIpc) is 3.10. The minimum atomic E-state index is -0.759. The lowest BCUT2D eigenvalue weighted by Gasteiger charge is -2.28. The molecule has 2 aliphatic rings. The molecule has 0 spiro atoms. The smallest absolute Gasteiger partial charge is 0.300 e. The standard InChI is InChI=1S/C26H21BrN2O4/c1-28-12-13-33-21-11-10-17(14-20(21)28)24(30)22-23(16-6-3-2-4-7-16)29(26(32)25(22)31)19-9-5-8-18(27)15-19/h2-11,14-15,23,30H,12-13H2,1H3/b24-22-. The van der Waals surface area contributed by atoms with Gasteiger partial charge >= 0.3 is 0 Å². The number of aliphatic hydroxyl groups is 1. The summed E-state index contributed by atoms with van der Waals surface area (Å²) in [6.45, 7) is 1.30. The van der Waals surface area contributed by atoms with Gasteiger partial charge in [0.25, 0.3) is 11.7 Å². The molecule has 0 bridgehead atoms. The van der Waals surface area contributed by atoms with E-state index in [1.54, 1.807) is 36.4 Å². The SMILES string of the molecule is CN1CCOc2ccc(/C(O)=C3/C(=O)C(=O)N(c4cccc(Br)c4)C3c3ccccc3)cc21. The number of carbonyl (C=O) groups excluding carboxylic acids is 2. The first kappa shape index (κ1) is 21.3. The van der Waals surface area contributed by atoms with E-state index < -0.39 is 17.7 Å². The molecule has 166 valence electrons. The Morgan fingerprint density at radius 3 is 2.58 bits per heavy atom. The number of benzene rings is 3. The molecule has 2 heterocycles. The van der Waals surface area contributed by atoms with Crippen LogP contribution in [0, 0.1) is 0 Å². The predicted molar refractivity (Wildman–Crippen MR) is 131 cm³/mol. The Hall–Kier alpha value is -3.58. The third-order valence-corrected chi connectivity index (χ3v) is 6.47. The molecule has 1 atom stereocenters. The molecule has 7 heteroatoms. The molecule has 1 fully saturated rings. The number of ether oxygens (including phenoxy) is 1. The van der Waals surface area contributed by atoms with Crippen LogP contribution in [0.1, 0.15) is 17.2 Å².